The molecular weight excluding hydrogens is 240 g/mol. The molecular formula is C14H18MgO3. The van der Waals surface area contributed by atoms with E-state index in [1.807, 2.05) is 32.4 Å². The minimum Gasteiger partial charge on any atom is -0.515 e. The maximum Gasteiger partial charge on any atom is 2.00 e. The zero-order valence-electron chi connectivity index (χ0n) is 11.2. The van der Waals surface area contributed by atoms with E-state index in [0.29, 0.717) is 12.4 Å². The molecule has 0 atom stereocenters. The predicted molar refractivity (Wildman–Crippen MR) is 73.3 cm³/mol. The van der Waals surface area contributed by atoms with Crippen LogP contribution in [0.3, 0.4) is 0 Å². The summed E-state index contributed by atoms with van der Waals surface area (Å²) in [4.78, 5) is 10.7. The third kappa shape index (κ3) is 11.5. The third-order valence-electron chi connectivity index (χ3n) is 1.47. The number of ether oxygens (including phenoxy) is 2. The number of carbonyl (C=O) groups excluding carboxylic acids is 1. The molecule has 0 N–H and O–H groups in total. The number of benzene rings is 1. The summed E-state index contributed by atoms with van der Waals surface area (Å²) in [6.45, 7) is 4.33. The summed E-state index contributed by atoms with van der Waals surface area (Å²) in [6, 6.07) is 10.2. The largest absolute Gasteiger partial charge is 2.00 e. The van der Waals surface area contributed by atoms with E-state index in [1.165, 1.54) is 13.2 Å². The average Bonchev–Trinajstić information content (AvgIpc) is 2.36. The van der Waals surface area contributed by atoms with Gasteiger partial charge in [0.2, 0.25) is 0 Å². The smallest absolute Gasteiger partial charge is 0.515 e. The molecule has 1 aromatic carbocycles. The molecule has 4 heteroatoms. The van der Waals surface area contributed by atoms with Gasteiger partial charge in [0.1, 0.15) is 6.61 Å². The first kappa shape index (κ1) is 19.3. The molecule has 0 spiro atoms. The number of esters is 1. The molecule has 1 rings (SSSR count). The Morgan fingerprint density at radius 1 is 1.44 bits per heavy atom. The van der Waals surface area contributed by atoms with Crippen LogP contribution in [-0.2, 0) is 9.53 Å². The quantitative estimate of drug-likeness (QED) is 0.360. The first-order valence-electron chi connectivity index (χ1n) is 5.32. The first-order valence-corrected chi connectivity index (χ1v) is 5.32. The van der Waals surface area contributed by atoms with Crippen molar-refractivity contribution < 1.29 is 14.3 Å². The van der Waals surface area contributed by atoms with E-state index >= 15 is 0 Å². The number of hydrogen-bond acceptors (Lipinski definition) is 3. The van der Waals surface area contributed by atoms with Gasteiger partial charge in [0, 0.05) is 11.8 Å². The summed E-state index contributed by atoms with van der Waals surface area (Å²) in [7, 11) is 1.33. The van der Waals surface area contributed by atoms with Crippen molar-refractivity contribution in [3.05, 3.63) is 48.9 Å². The van der Waals surface area contributed by atoms with Crippen LogP contribution in [0.4, 0.5) is 0 Å². The van der Waals surface area contributed by atoms with Crippen molar-refractivity contribution in [2.24, 2.45) is 0 Å². The molecule has 0 amide bonds. The Bertz CT molecular complexity index is 323. The van der Waals surface area contributed by atoms with Gasteiger partial charge >= 0.3 is 29.0 Å². The van der Waals surface area contributed by atoms with Crippen molar-refractivity contribution in [2.45, 2.75) is 13.8 Å². The van der Waals surface area contributed by atoms with Gasteiger partial charge in [-0.15, -0.1) is 12.1 Å². The third-order valence-corrected chi connectivity index (χ3v) is 1.47. The Labute approximate surface area is 125 Å². The minimum atomic E-state index is -0.384. The van der Waals surface area contributed by atoms with E-state index in [9.17, 15) is 4.79 Å². The summed E-state index contributed by atoms with van der Waals surface area (Å²) in [5.74, 6) is 0.271. The summed E-state index contributed by atoms with van der Waals surface area (Å²) >= 11 is 0. The molecule has 3 nitrogen and oxygen atoms in total. The van der Waals surface area contributed by atoms with Gasteiger partial charge in [-0.25, -0.2) is 4.79 Å². The number of para-hydroxylation sites is 1. The summed E-state index contributed by atoms with van der Waals surface area (Å²) < 4.78 is 9.66. The Kier molecular flexibility index (Phi) is 15.1. The van der Waals surface area contributed by atoms with E-state index < -0.39 is 0 Å². The summed E-state index contributed by atoms with van der Waals surface area (Å²) in [5, 5.41) is 0. The van der Waals surface area contributed by atoms with Gasteiger partial charge in [0.25, 0.3) is 0 Å². The monoisotopic (exact) mass is 258 g/mol. The molecule has 0 bridgehead atoms. The zero-order chi connectivity index (χ0) is 12.9. The van der Waals surface area contributed by atoms with Crippen LogP contribution in [-0.4, -0.2) is 42.7 Å². The summed E-state index contributed by atoms with van der Waals surface area (Å²) in [6.07, 6.45) is 4.91. The second-order valence-corrected chi connectivity index (χ2v) is 3.04. The van der Waals surface area contributed by atoms with Gasteiger partial charge in [0.15, 0.2) is 0 Å². The van der Waals surface area contributed by atoms with Crippen LogP contribution in [0.15, 0.2) is 36.4 Å². The van der Waals surface area contributed by atoms with Crippen molar-refractivity contribution in [3.63, 3.8) is 0 Å². The van der Waals surface area contributed by atoms with Crippen LogP contribution in [0.2, 0.25) is 0 Å². The van der Waals surface area contributed by atoms with Gasteiger partial charge in [-0.3, -0.25) is 0 Å². The molecule has 0 aliphatic heterocycles. The molecule has 0 heterocycles. The van der Waals surface area contributed by atoms with Gasteiger partial charge < -0.3 is 15.9 Å². The van der Waals surface area contributed by atoms with Crippen LogP contribution in [0.25, 0.3) is 0 Å². The van der Waals surface area contributed by atoms with Crippen molar-refractivity contribution in [3.8, 4) is 5.75 Å². The second-order valence-electron chi connectivity index (χ2n) is 3.04. The molecule has 0 aliphatic rings. The SMILES string of the molecule is COC(=O)/C=C/COc1[c-]cccc1.C[CH-]C.[Mg+2]. The van der Waals surface area contributed by atoms with Gasteiger partial charge in [-0.1, -0.05) is 0 Å². The Morgan fingerprint density at radius 3 is 2.61 bits per heavy atom. The zero-order valence-corrected chi connectivity index (χ0v) is 12.6. The molecule has 1 aromatic rings. The average molecular weight is 259 g/mol. The number of hydrogen-bond donors (Lipinski definition) is 0. The second kappa shape index (κ2) is 14.1. The van der Waals surface area contributed by atoms with Crippen LogP contribution in [0.5, 0.6) is 5.75 Å². The predicted octanol–water partition coefficient (Wildman–Crippen LogP) is 2.44. The Hall–Kier alpha value is -1.00. The number of carbonyl (C=O) groups is 1. The van der Waals surface area contributed by atoms with Crippen LogP contribution in [0, 0.1) is 12.5 Å². The molecule has 0 aromatic heterocycles. The molecule has 0 radical (unpaired) electrons. The first-order chi connectivity index (χ1) is 8.24. The van der Waals surface area contributed by atoms with Gasteiger partial charge in [0.05, 0.1) is 7.11 Å². The van der Waals surface area contributed by atoms with Crippen molar-refractivity contribution in [1.29, 1.82) is 0 Å². The van der Waals surface area contributed by atoms with Crippen LogP contribution in [0.1, 0.15) is 13.8 Å². The molecule has 0 saturated carbocycles. The number of methoxy groups -OCH3 is 1. The van der Waals surface area contributed by atoms with Crippen LogP contribution >= 0.6 is 0 Å². The fourth-order valence-electron chi connectivity index (χ4n) is 0.817. The van der Waals surface area contributed by atoms with E-state index in [-0.39, 0.29) is 29.0 Å². The standard InChI is InChI=1S/C11H11O3.C3H7.Mg/c1-13-11(12)8-5-9-14-10-6-3-2-4-7-10;1-3-2;/h2-6,8H,9H2,1H3;3H,1-2H3;/q2*-1;+2/b8-5+;;. The maximum atomic E-state index is 10.7. The maximum absolute atomic E-state index is 10.7. The summed E-state index contributed by atoms with van der Waals surface area (Å²) in [5.41, 5.74) is 0. The fraction of sp³-hybridized carbons (Fsp3) is 0.286. The number of rotatable bonds is 4. The minimum absolute atomic E-state index is 0. The molecule has 0 saturated heterocycles. The molecule has 18 heavy (non-hydrogen) atoms. The van der Waals surface area contributed by atoms with Gasteiger partial charge in [-0.2, -0.15) is 32.0 Å². The van der Waals surface area contributed by atoms with E-state index in [4.69, 9.17) is 4.74 Å². The Balaban J connectivity index is 0. The van der Waals surface area contributed by atoms with Crippen molar-refractivity contribution in [1.82, 2.24) is 0 Å². The topological polar surface area (TPSA) is 35.5 Å². The van der Waals surface area contributed by atoms with Crippen molar-refractivity contribution in [2.75, 3.05) is 13.7 Å². The molecule has 0 aliphatic carbocycles. The normalized spacial score (nSPS) is 8.83. The van der Waals surface area contributed by atoms with Crippen molar-refractivity contribution >= 4 is 29.0 Å². The van der Waals surface area contributed by atoms with E-state index in [0.717, 1.165) is 0 Å². The van der Waals surface area contributed by atoms with Crippen LogP contribution < -0.4 is 4.74 Å². The van der Waals surface area contributed by atoms with E-state index in [1.54, 1.807) is 18.2 Å². The van der Waals surface area contributed by atoms with Gasteiger partial charge in [-0.05, 0) is 6.08 Å². The molecule has 94 valence electrons. The fourth-order valence-corrected chi connectivity index (χ4v) is 0.817. The molecule has 0 unspecified atom stereocenters. The Morgan fingerprint density at radius 2 is 2.11 bits per heavy atom. The van der Waals surface area contributed by atoms with E-state index in [2.05, 4.69) is 10.8 Å². The molecule has 0 fully saturated rings.